The number of nitrogens with one attached hydrogen (secondary N) is 1. The van der Waals surface area contributed by atoms with Crippen molar-refractivity contribution in [2.24, 2.45) is 20.0 Å². The Kier molecular flexibility index (Phi) is 3.47. The number of fused-ring (bicyclic) bond motifs is 1. The topological polar surface area (TPSA) is 99.1 Å². The van der Waals surface area contributed by atoms with Crippen LogP contribution >= 0.6 is 0 Å². The summed E-state index contributed by atoms with van der Waals surface area (Å²) in [6.07, 6.45) is 0.300. The number of hydrogen-bond acceptors (Lipinski definition) is 5. The fourth-order valence-corrected chi connectivity index (χ4v) is 1.91. The Labute approximate surface area is 114 Å². The first-order chi connectivity index (χ1) is 9.32. The second kappa shape index (κ2) is 4.95. The van der Waals surface area contributed by atoms with Crippen LogP contribution in [0.25, 0.3) is 11.0 Å². The summed E-state index contributed by atoms with van der Waals surface area (Å²) in [5.74, 6) is -0.118. The average Bonchev–Trinajstić information content (AvgIpc) is 2.76. The largest absolute Gasteiger partial charge is 0.335 e. The van der Waals surface area contributed by atoms with E-state index >= 15 is 0 Å². The summed E-state index contributed by atoms with van der Waals surface area (Å²) >= 11 is 0. The number of carbonyl (C=O) groups is 1. The number of aromatic nitrogens is 3. The predicted molar refractivity (Wildman–Crippen MR) is 72.6 cm³/mol. The first-order valence-corrected chi connectivity index (χ1v) is 6.18. The zero-order chi connectivity index (χ0) is 15.0. The van der Waals surface area contributed by atoms with Crippen molar-refractivity contribution in [3.05, 3.63) is 20.8 Å². The molecule has 2 rings (SSSR count). The van der Waals surface area contributed by atoms with Crippen LogP contribution in [0.15, 0.2) is 14.1 Å². The van der Waals surface area contributed by atoms with Gasteiger partial charge >= 0.3 is 5.69 Å². The Morgan fingerprint density at radius 2 is 1.95 bits per heavy atom. The number of rotatable bonds is 3. The minimum atomic E-state index is -0.552. The van der Waals surface area contributed by atoms with Crippen LogP contribution in [0, 0.1) is 5.92 Å². The fraction of sp³-hybridized carbons (Fsp3) is 0.500. The minimum Gasteiger partial charge on any atom is -0.335 e. The second-order valence-electron chi connectivity index (χ2n) is 5.06. The zero-order valence-electron chi connectivity index (χ0n) is 11.8. The third-order valence-electron chi connectivity index (χ3n) is 2.93. The molecule has 0 saturated heterocycles. The molecular formula is C12H16N4O4. The molecule has 0 aliphatic heterocycles. The molecule has 0 spiro atoms. The van der Waals surface area contributed by atoms with E-state index in [1.165, 1.54) is 18.7 Å². The number of amides is 1. The quantitative estimate of drug-likeness (QED) is 0.866. The van der Waals surface area contributed by atoms with Crippen LogP contribution in [0.3, 0.4) is 0 Å². The van der Waals surface area contributed by atoms with Crippen LogP contribution in [-0.4, -0.2) is 20.2 Å². The van der Waals surface area contributed by atoms with E-state index in [1.807, 2.05) is 13.8 Å². The average molecular weight is 280 g/mol. The lowest BCUT2D eigenvalue weighted by molar-refractivity contribution is -0.116. The molecule has 0 aliphatic rings. The highest BCUT2D eigenvalue weighted by molar-refractivity contribution is 5.97. The summed E-state index contributed by atoms with van der Waals surface area (Å²) in [6, 6.07) is 0. The monoisotopic (exact) mass is 280 g/mol. The molecule has 8 nitrogen and oxygen atoms in total. The van der Waals surface area contributed by atoms with Crippen LogP contribution < -0.4 is 16.6 Å². The van der Waals surface area contributed by atoms with Crippen LogP contribution in [-0.2, 0) is 18.9 Å². The van der Waals surface area contributed by atoms with Gasteiger partial charge in [0.1, 0.15) is 5.39 Å². The summed E-state index contributed by atoms with van der Waals surface area (Å²) in [7, 11) is 2.84. The van der Waals surface area contributed by atoms with Gasteiger partial charge in [-0.3, -0.25) is 24.0 Å². The van der Waals surface area contributed by atoms with Crippen LogP contribution in [0.5, 0.6) is 0 Å². The highest BCUT2D eigenvalue weighted by Crippen LogP contribution is 2.18. The highest BCUT2D eigenvalue weighted by Gasteiger charge is 2.19. The normalized spacial score (nSPS) is 11.2. The molecule has 2 aromatic heterocycles. The lowest BCUT2D eigenvalue weighted by atomic mass is 10.1. The molecule has 0 aromatic carbocycles. The maximum Gasteiger partial charge on any atom is 0.332 e. The summed E-state index contributed by atoms with van der Waals surface area (Å²) in [5, 5.41) is 6.28. The maximum absolute atomic E-state index is 12.1. The van der Waals surface area contributed by atoms with Crippen LogP contribution in [0.4, 0.5) is 5.88 Å². The van der Waals surface area contributed by atoms with Gasteiger partial charge in [-0.25, -0.2) is 4.79 Å². The number of nitrogens with zero attached hydrogens (tertiary/aromatic N) is 3. The van der Waals surface area contributed by atoms with Crippen molar-refractivity contribution in [2.75, 3.05) is 5.32 Å². The molecule has 0 unspecified atom stereocenters. The smallest absolute Gasteiger partial charge is 0.332 e. The molecule has 0 bridgehead atoms. The SMILES string of the molecule is CC(C)CC(=O)Nc1onc2c1c(=O)n(C)c(=O)n2C. The van der Waals surface area contributed by atoms with Gasteiger partial charge in [0.15, 0.2) is 5.65 Å². The van der Waals surface area contributed by atoms with E-state index < -0.39 is 11.2 Å². The van der Waals surface area contributed by atoms with Gasteiger partial charge in [0.2, 0.25) is 11.8 Å². The molecule has 2 aromatic rings. The fourth-order valence-electron chi connectivity index (χ4n) is 1.91. The molecule has 1 N–H and O–H groups in total. The molecule has 1 amide bonds. The van der Waals surface area contributed by atoms with E-state index in [1.54, 1.807) is 0 Å². The Bertz CT molecular complexity index is 781. The molecule has 0 aliphatic carbocycles. The van der Waals surface area contributed by atoms with Gasteiger partial charge in [-0.2, -0.15) is 0 Å². The van der Waals surface area contributed by atoms with Gasteiger partial charge in [-0.1, -0.05) is 19.0 Å². The van der Waals surface area contributed by atoms with E-state index in [2.05, 4.69) is 10.5 Å². The van der Waals surface area contributed by atoms with E-state index in [0.717, 1.165) is 4.57 Å². The standard InChI is InChI=1S/C12H16N4O4/c1-6(2)5-7(17)13-10-8-9(14-20-10)15(3)12(19)16(4)11(8)18/h6H,5H2,1-4H3,(H,13,17). The molecule has 0 fully saturated rings. The Hall–Kier alpha value is -2.38. The van der Waals surface area contributed by atoms with Gasteiger partial charge in [0.05, 0.1) is 0 Å². The summed E-state index contributed by atoms with van der Waals surface area (Å²) < 4.78 is 7.12. The molecule has 0 saturated carbocycles. The molecule has 0 radical (unpaired) electrons. The van der Waals surface area contributed by atoms with Gasteiger partial charge in [-0.15, -0.1) is 0 Å². The van der Waals surface area contributed by atoms with Crippen molar-refractivity contribution in [3.8, 4) is 0 Å². The number of carbonyl (C=O) groups excluding carboxylic acids is 1. The highest BCUT2D eigenvalue weighted by atomic mass is 16.5. The third-order valence-corrected chi connectivity index (χ3v) is 2.93. The molecule has 108 valence electrons. The molecule has 2 heterocycles. The third kappa shape index (κ3) is 2.24. The van der Waals surface area contributed by atoms with Crippen molar-refractivity contribution in [1.29, 1.82) is 0 Å². The molecular weight excluding hydrogens is 264 g/mol. The summed E-state index contributed by atoms with van der Waals surface area (Å²) in [4.78, 5) is 35.6. The summed E-state index contributed by atoms with van der Waals surface area (Å²) in [6.45, 7) is 3.81. The Balaban J connectivity index is 2.55. The summed E-state index contributed by atoms with van der Waals surface area (Å²) in [5.41, 5.74) is -0.946. The predicted octanol–water partition coefficient (Wildman–Crippen LogP) is 0.210. The lowest BCUT2D eigenvalue weighted by Gasteiger charge is -2.05. The minimum absolute atomic E-state index is 0.0261. The second-order valence-corrected chi connectivity index (χ2v) is 5.06. The van der Waals surface area contributed by atoms with Gasteiger partial charge < -0.3 is 4.52 Å². The molecule has 8 heteroatoms. The van der Waals surface area contributed by atoms with Crippen LogP contribution in [0.1, 0.15) is 20.3 Å². The first-order valence-electron chi connectivity index (χ1n) is 6.18. The van der Waals surface area contributed by atoms with Gasteiger partial charge in [0, 0.05) is 20.5 Å². The lowest BCUT2D eigenvalue weighted by Crippen LogP contribution is -2.37. The number of hydrogen-bond donors (Lipinski definition) is 1. The van der Waals surface area contributed by atoms with E-state index in [-0.39, 0.29) is 28.7 Å². The van der Waals surface area contributed by atoms with Crippen molar-refractivity contribution in [3.63, 3.8) is 0 Å². The zero-order valence-corrected chi connectivity index (χ0v) is 11.8. The van der Waals surface area contributed by atoms with E-state index in [4.69, 9.17) is 4.52 Å². The van der Waals surface area contributed by atoms with Crippen LogP contribution in [0.2, 0.25) is 0 Å². The first kappa shape index (κ1) is 14.0. The van der Waals surface area contributed by atoms with E-state index in [0.29, 0.717) is 6.42 Å². The molecule has 0 atom stereocenters. The maximum atomic E-state index is 12.1. The Morgan fingerprint density at radius 1 is 1.30 bits per heavy atom. The van der Waals surface area contributed by atoms with Gasteiger partial charge in [-0.05, 0) is 5.92 Å². The van der Waals surface area contributed by atoms with Crippen molar-refractivity contribution < 1.29 is 9.32 Å². The number of anilines is 1. The van der Waals surface area contributed by atoms with Gasteiger partial charge in [0.25, 0.3) is 5.56 Å². The van der Waals surface area contributed by atoms with Crippen molar-refractivity contribution in [2.45, 2.75) is 20.3 Å². The van der Waals surface area contributed by atoms with E-state index in [9.17, 15) is 14.4 Å². The molecule has 20 heavy (non-hydrogen) atoms. The van der Waals surface area contributed by atoms with Crippen molar-refractivity contribution in [1.82, 2.24) is 14.3 Å². The number of aryl methyl sites for hydroxylation is 1. The van der Waals surface area contributed by atoms with Crippen molar-refractivity contribution >= 4 is 22.8 Å². The Morgan fingerprint density at radius 3 is 2.55 bits per heavy atom.